The van der Waals surface area contributed by atoms with Crippen LogP contribution < -0.4 is 5.32 Å². The van der Waals surface area contributed by atoms with Gasteiger partial charge >= 0.3 is 0 Å². The van der Waals surface area contributed by atoms with E-state index in [2.05, 4.69) is 36.9 Å². The Balaban J connectivity index is 1.60. The zero-order chi connectivity index (χ0) is 17.6. The summed E-state index contributed by atoms with van der Waals surface area (Å²) in [5.41, 5.74) is 1.70. The number of rotatable bonds is 7. The fourth-order valence-corrected chi connectivity index (χ4v) is 2.72. The molecular formula is C16H18N6O2S. The van der Waals surface area contributed by atoms with Crippen molar-refractivity contribution in [3.05, 3.63) is 53.3 Å². The van der Waals surface area contributed by atoms with E-state index in [1.165, 1.54) is 6.20 Å². The predicted molar refractivity (Wildman–Crippen MR) is 93.1 cm³/mol. The zero-order valence-corrected chi connectivity index (χ0v) is 14.8. The van der Waals surface area contributed by atoms with Crippen molar-refractivity contribution in [2.75, 3.05) is 11.9 Å². The number of aromatic nitrogens is 4. The summed E-state index contributed by atoms with van der Waals surface area (Å²) in [5, 5.41) is 10.9. The lowest BCUT2D eigenvalue weighted by Crippen LogP contribution is -2.22. The van der Waals surface area contributed by atoms with Crippen LogP contribution in [0.4, 0.5) is 5.00 Å². The Morgan fingerprint density at radius 2 is 2.08 bits per heavy atom. The molecule has 1 aromatic carbocycles. The molecule has 2 aromatic heterocycles. The Morgan fingerprint density at radius 1 is 1.28 bits per heavy atom. The van der Waals surface area contributed by atoms with Crippen LogP contribution in [0.1, 0.15) is 34.6 Å². The molecule has 9 heteroatoms. The van der Waals surface area contributed by atoms with Gasteiger partial charge in [-0.15, -0.1) is 5.10 Å². The lowest BCUT2D eigenvalue weighted by molar-refractivity contribution is 0.102. The number of amides is 1. The van der Waals surface area contributed by atoms with Crippen LogP contribution in [0.3, 0.4) is 0 Å². The van der Waals surface area contributed by atoms with E-state index in [4.69, 9.17) is 4.52 Å². The zero-order valence-electron chi connectivity index (χ0n) is 14.0. The summed E-state index contributed by atoms with van der Waals surface area (Å²) >= 11 is 1.14. The van der Waals surface area contributed by atoms with Gasteiger partial charge in [-0.3, -0.25) is 9.69 Å². The quantitative estimate of drug-likeness (QED) is 0.693. The van der Waals surface area contributed by atoms with E-state index in [1.807, 2.05) is 24.3 Å². The van der Waals surface area contributed by atoms with Crippen molar-refractivity contribution in [2.24, 2.45) is 0 Å². The molecule has 0 saturated carbocycles. The van der Waals surface area contributed by atoms with E-state index in [0.29, 0.717) is 28.8 Å². The minimum atomic E-state index is -0.175. The maximum atomic E-state index is 12.1. The predicted octanol–water partition coefficient (Wildman–Crippen LogP) is 2.50. The molecule has 1 amide bonds. The van der Waals surface area contributed by atoms with Crippen molar-refractivity contribution in [1.29, 1.82) is 0 Å². The lowest BCUT2D eigenvalue weighted by atomic mass is 10.1. The molecule has 1 N–H and O–H groups in total. The fourth-order valence-electron chi connectivity index (χ4n) is 2.30. The summed E-state index contributed by atoms with van der Waals surface area (Å²) in [5.74, 6) is 1.07. The highest BCUT2D eigenvalue weighted by atomic mass is 32.1. The number of benzene rings is 1. The van der Waals surface area contributed by atoms with Gasteiger partial charge in [0, 0.05) is 23.6 Å². The molecule has 0 saturated heterocycles. The second-order valence-corrected chi connectivity index (χ2v) is 6.26. The van der Waals surface area contributed by atoms with Gasteiger partial charge in [0.1, 0.15) is 5.00 Å². The maximum Gasteiger partial charge on any atom is 0.256 e. The fraction of sp³-hybridized carbons (Fsp3) is 0.312. The summed E-state index contributed by atoms with van der Waals surface area (Å²) in [7, 11) is 0. The third-order valence-electron chi connectivity index (χ3n) is 3.60. The minimum absolute atomic E-state index is 0.175. The molecule has 130 valence electrons. The van der Waals surface area contributed by atoms with E-state index in [-0.39, 0.29) is 5.91 Å². The topological polar surface area (TPSA) is 97.0 Å². The molecule has 0 unspecified atom stereocenters. The highest BCUT2D eigenvalue weighted by Crippen LogP contribution is 2.14. The first-order chi connectivity index (χ1) is 12.1. The molecule has 0 fully saturated rings. The molecule has 0 aliphatic carbocycles. The minimum Gasteiger partial charge on any atom is -0.338 e. The Hall–Kier alpha value is -2.65. The number of carbonyl (C=O) groups excluding carboxylic acids is 1. The van der Waals surface area contributed by atoms with Gasteiger partial charge < -0.3 is 9.84 Å². The number of nitrogens with zero attached hydrogens (tertiary/aromatic N) is 5. The Bertz CT molecular complexity index is 816. The summed E-state index contributed by atoms with van der Waals surface area (Å²) in [4.78, 5) is 18.6. The Kier molecular flexibility index (Phi) is 5.46. The van der Waals surface area contributed by atoms with Gasteiger partial charge in [-0.2, -0.15) is 4.98 Å². The van der Waals surface area contributed by atoms with Crippen molar-refractivity contribution in [3.8, 4) is 0 Å². The number of carbonyl (C=O) groups is 1. The molecule has 0 atom stereocenters. The number of hydrogen-bond acceptors (Lipinski definition) is 8. The average molecular weight is 358 g/mol. The van der Waals surface area contributed by atoms with E-state index in [9.17, 15) is 4.79 Å². The van der Waals surface area contributed by atoms with Gasteiger partial charge in [0.25, 0.3) is 5.91 Å². The Labute approximate surface area is 149 Å². The molecule has 3 aromatic rings. The summed E-state index contributed by atoms with van der Waals surface area (Å²) in [6.07, 6.45) is 1.52. The molecule has 0 aliphatic rings. The lowest BCUT2D eigenvalue weighted by Gasteiger charge is -2.18. The van der Waals surface area contributed by atoms with Gasteiger partial charge in [0.15, 0.2) is 5.82 Å². The molecule has 3 rings (SSSR count). The van der Waals surface area contributed by atoms with E-state index >= 15 is 0 Å². The molecule has 0 spiro atoms. The van der Waals surface area contributed by atoms with Crippen molar-refractivity contribution in [3.63, 3.8) is 0 Å². The first-order valence-corrected chi connectivity index (χ1v) is 8.60. The van der Waals surface area contributed by atoms with Crippen LogP contribution in [0, 0.1) is 6.92 Å². The van der Waals surface area contributed by atoms with Gasteiger partial charge in [-0.05, 0) is 31.2 Å². The number of hydrogen-bond donors (Lipinski definition) is 1. The van der Waals surface area contributed by atoms with Crippen molar-refractivity contribution in [2.45, 2.75) is 26.9 Å². The molecular weight excluding hydrogens is 340 g/mol. The molecule has 0 radical (unpaired) electrons. The third-order valence-corrected chi connectivity index (χ3v) is 4.18. The summed E-state index contributed by atoms with van der Waals surface area (Å²) < 4.78 is 8.89. The molecule has 0 bridgehead atoms. The largest absolute Gasteiger partial charge is 0.338 e. The van der Waals surface area contributed by atoms with E-state index in [0.717, 1.165) is 30.2 Å². The smallest absolute Gasteiger partial charge is 0.256 e. The molecule has 0 aliphatic heterocycles. The Morgan fingerprint density at radius 3 is 2.68 bits per heavy atom. The molecule has 2 heterocycles. The first kappa shape index (κ1) is 17.2. The van der Waals surface area contributed by atoms with Crippen LogP contribution in [0.15, 0.2) is 35.0 Å². The van der Waals surface area contributed by atoms with Crippen LogP contribution in [0.25, 0.3) is 0 Å². The van der Waals surface area contributed by atoms with Gasteiger partial charge in [0.2, 0.25) is 5.89 Å². The molecule has 25 heavy (non-hydrogen) atoms. The van der Waals surface area contributed by atoms with Crippen molar-refractivity contribution < 1.29 is 9.32 Å². The SMILES string of the molecule is CCN(Cc1ccc(C(=O)Nc2cnns2)cc1)Cc1nc(C)no1. The number of anilines is 1. The van der Waals surface area contributed by atoms with Gasteiger partial charge in [-0.25, -0.2) is 0 Å². The van der Waals surface area contributed by atoms with Crippen LogP contribution in [-0.4, -0.2) is 37.1 Å². The monoisotopic (exact) mass is 358 g/mol. The van der Waals surface area contributed by atoms with Crippen LogP contribution >= 0.6 is 11.5 Å². The standard InChI is InChI=1S/C16H18N6O2S/c1-3-22(10-14-18-11(2)20-24-14)9-12-4-6-13(7-5-12)16(23)19-15-8-17-21-25-15/h4-8H,3,9-10H2,1-2H3,(H,19,23). The second kappa shape index (κ2) is 7.95. The highest BCUT2D eigenvalue weighted by molar-refractivity contribution is 7.10. The number of nitrogens with one attached hydrogen (secondary N) is 1. The normalized spacial score (nSPS) is 11.0. The van der Waals surface area contributed by atoms with Crippen molar-refractivity contribution in [1.82, 2.24) is 24.6 Å². The van der Waals surface area contributed by atoms with Crippen molar-refractivity contribution >= 4 is 22.4 Å². The van der Waals surface area contributed by atoms with Crippen LogP contribution in [0.5, 0.6) is 0 Å². The number of aryl methyl sites for hydroxylation is 1. The van der Waals surface area contributed by atoms with E-state index in [1.54, 1.807) is 6.92 Å². The average Bonchev–Trinajstić information content (AvgIpc) is 3.26. The van der Waals surface area contributed by atoms with Crippen LogP contribution in [-0.2, 0) is 13.1 Å². The summed E-state index contributed by atoms with van der Waals surface area (Å²) in [6, 6.07) is 7.51. The first-order valence-electron chi connectivity index (χ1n) is 7.83. The van der Waals surface area contributed by atoms with Gasteiger partial charge in [0.05, 0.1) is 12.7 Å². The second-order valence-electron chi connectivity index (χ2n) is 5.47. The van der Waals surface area contributed by atoms with Gasteiger partial charge in [-0.1, -0.05) is 28.7 Å². The molecule has 8 nitrogen and oxygen atoms in total. The highest BCUT2D eigenvalue weighted by Gasteiger charge is 2.11. The van der Waals surface area contributed by atoms with Crippen LogP contribution in [0.2, 0.25) is 0 Å². The summed E-state index contributed by atoms with van der Waals surface area (Å²) in [6.45, 7) is 6.06. The third kappa shape index (κ3) is 4.68. The van der Waals surface area contributed by atoms with E-state index < -0.39 is 0 Å². The maximum absolute atomic E-state index is 12.1.